The minimum absolute atomic E-state index is 0.0418. The molecule has 0 spiro atoms. The zero-order valence-electron chi connectivity index (χ0n) is 13.7. The molecule has 0 atom stereocenters. The first-order valence-corrected chi connectivity index (χ1v) is 9.13. The Hall–Kier alpha value is -2.59. The second-order valence-corrected chi connectivity index (χ2v) is 6.53. The van der Waals surface area contributed by atoms with E-state index in [1.165, 1.54) is 5.39 Å². The summed E-state index contributed by atoms with van der Waals surface area (Å²) in [5.41, 5.74) is 1.65. The minimum Gasteiger partial charge on any atom is -0.457 e. The molecule has 4 aromatic rings. The van der Waals surface area contributed by atoms with Gasteiger partial charge in [0, 0.05) is 18.8 Å². The van der Waals surface area contributed by atoms with E-state index in [2.05, 4.69) is 28.1 Å². The van der Waals surface area contributed by atoms with Crippen molar-refractivity contribution in [1.82, 2.24) is 4.57 Å². The van der Waals surface area contributed by atoms with Gasteiger partial charge in [-0.25, -0.2) is 0 Å². The maximum Gasteiger partial charge on any atom is 0.175 e. The van der Waals surface area contributed by atoms with Gasteiger partial charge >= 0.3 is 0 Å². The second kappa shape index (κ2) is 6.37. The van der Waals surface area contributed by atoms with Crippen molar-refractivity contribution in [3.8, 4) is 11.5 Å². The van der Waals surface area contributed by atoms with E-state index in [0.717, 1.165) is 22.0 Å². The van der Waals surface area contributed by atoms with Crippen molar-refractivity contribution >= 4 is 43.4 Å². The van der Waals surface area contributed by atoms with Crippen LogP contribution in [0.4, 0.5) is 0 Å². The van der Waals surface area contributed by atoms with Gasteiger partial charge in [0.1, 0.15) is 11.5 Å². The van der Waals surface area contributed by atoms with Gasteiger partial charge in [0.25, 0.3) is 0 Å². The highest BCUT2D eigenvalue weighted by atomic mass is 79.9. The Bertz CT molecular complexity index is 1100. The number of aryl methyl sites for hydroxylation is 1. The fraction of sp³-hybridized carbons (Fsp3) is 0.0952. The third kappa shape index (κ3) is 2.83. The summed E-state index contributed by atoms with van der Waals surface area (Å²) in [4.78, 5) is 12.3. The number of hydrogen-bond donors (Lipinski definition) is 0. The van der Waals surface area contributed by atoms with Gasteiger partial charge in [-0.15, -0.1) is 0 Å². The van der Waals surface area contributed by atoms with Crippen molar-refractivity contribution in [2.45, 2.75) is 0 Å². The van der Waals surface area contributed by atoms with E-state index in [4.69, 9.17) is 4.74 Å². The van der Waals surface area contributed by atoms with Crippen LogP contribution in [-0.2, 0) is 7.05 Å². The quantitative estimate of drug-likeness (QED) is 0.328. The standard InChI is InChI=1S/C21H16BrNO2/c1-23-13-17(19(24)12-22)21-18(23)7-4-8-20(21)25-16-10-9-14-5-2-3-6-15(14)11-16/h2-11,13H,12H2,1H3. The number of rotatable bonds is 4. The Morgan fingerprint density at radius 2 is 1.84 bits per heavy atom. The van der Waals surface area contributed by atoms with E-state index in [9.17, 15) is 4.79 Å². The zero-order chi connectivity index (χ0) is 17.4. The van der Waals surface area contributed by atoms with Gasteiger partial charge in [0.05, 0.1) is 16.2 Å². The molecule has 0 radical (unpaired) electrons. The normalized spacial score (nSPS) is 11.1. The van der Waals surface area contributed by atoms with Crippen LogP contribution >= 0.6 is 15.9 Å². The number of carbonyl (C=O) groups excluding carboxylic acids is 1. The summed E-state index contributed by atoms with van der Waals surface area (Å²) in [5, 5.41) is 3.43. The van der Waals surface area contributed by atoms with Crippen LogP contribution in [0.2, 0.25) is 0 Å². The fourth-order valence-electron chi connectivity index (χ4n) is 3.14. The molecule has 0 saturated carbocycles. The van der Waals surface area contributed by atoms with Gasteiger partial charge in [0.15, 0.2) is 5.78 Å². The molecule has 0 bridgehead atoms. The molecule has 0 N–H and O–H groups in total. The largest absolute Gasteiger partial charge is 0.457 e. The van der Waals surface area contributed by atoms with Crippen molar-refractivity contribution < 1.29 is 9.53 Å². The van der Waals surface area contributed by atoms with E-state index in [1.54, 1.807) is 0 Å². The van der Waals surface area contributed by atoms with Crippen molar-refractivity contribution in [3.63, 3.8) is 0 Å². The maximum absolute atomic E-state index is 12.3. The predicted molar refractivity (Wildman–Crippen MR) is 105 cm³/mol. The first-order chi connectivity index (χ1) is 12.2. The second-order valence-electron chi connectivity index (χ2n) is 5.97. The lowest BCUT2D eigenvalue weighted by atomic mass is 10.1. The summed E-state index contributed by atoms with van der Waals surface area (Å²) >= 11 is 3.27. The monoisotopic (exact) mass is 393 g/mol. The number of nitrogens with zero attached hydrogens (tertiary/aromatic N) is 1. The van der Waals surface area contributed by atoms with Gasteiger partial charge in [-0.3, -0.25) is 4.79 Å². The molecule has 0 unspecified atom stereocenters. The topological polar surface area (TPSA) is 31.2 Å². The molecule has 0 aliphatic heterocycles. The Morgan fingerprint density at radius 3 is 2.64 bits per heavy atom. The molecule has 0 aliphatic rings. The number of ketones is 1. The highest BCUT2D eigenvalue weighted by molar-refractivity contribution is 9.09. The zero-order valence-corrected chi connectivity index (χ0v) is 15.3. The van der Waals surface area contributed by atoms with Crippen LogP contribution in [0.5, 0.6) is 11.5 Å². The number of hydrogen-bond acceptors (Lipinski definition) is 2. The van der Waals surface area contributed by atoms with Crippen LogP contribution in [0.15, 0.2) is 66.9 Å². The Morgan fingerprint density at radius 1 is 1.04 bits per heavy atom. The molecular formula is C21H16BrNO2. The minimum atomic E-state index is 0.0418. The summed E-state index contributed by atoms with van der Waals surface area (Å²) in [6, 6.07) is 20.0. The average Bonchev–Trinajstić information content (AvgIpc) is 2.99. The Kier molecular flexibility index (Phi) is 4.06. The molecule has 4 rings (SSSR count). The molecule has 3 aromatic carbocycles. The van der Waals surface area contributed by atoms with Gasteiger partial charge < -0.3 is 9.30 Å². The number of benzene rings is 3. The molecule has 1 aromatic heterocycles. The van der Waals surface area contributed by atoms with Crippen LogP contribution in [0, 0.1) is 0 Å². The third-order valence-corrected chi connectivity index (χ3v) is 4.86. The van der Waals surface area contributed by atoms with Crippen molar-refractivity contribution in [1.29, 1.82) is 0 Å². The molecule has 4 heteroatoms. The van der Waals surface area contributed by atoms with Crippen LogP contribution in [0.3, 0.4) is 0 Å². The summed E-state index contributed by atoms with van der Waals surface area (Å²) in [5.74, 6) is 1.49. The van der Waals surface area contributed by atoms with E-state index in [1.807, 2.05) is 66.3 Å². The third-order valence-electron chi connectivity index (χ3n) is 4.35. The maximum atomic E-state index is 12.3. The average molecular weight is 394 g/mol. The lowest BCUT2D eigenvalue weighted by Gasteiger charge is -2.09. The number of fused-ring (bicyclic) bond motifs is 2. The lowest BCUT2D eigenvalue weighted by Crippen LogP contribution is -1.99. The van der Waals surface area contributed by atoms with Crippen molar-refractivity contribution in [2.24, 2.45) is 7.05 Å². The highest BCUT2D eigenvalue weighted by Gasteiger charge is 2.17. The molecular weight excluding hydrogens is 378 g/mol. The summed E-state index contributed by atoms with van der Waals surface area (Å²) in [6.45, 7) is 0. The van der Waals surface area contributed by atoms with Gasteiger partial charge in [0.2, 0.25) is 0 Å². The number of aromatic nitrogens is 1. The van der Waals surface area contributed by atoms with E-state index < -0.39 is 0 Å². The Labute approximate surface area is 154 Å². The number of ether oxygens (including phenoxy) is 1. The highest BCUT2D eigenvalue weighted by Crippen LogP contribution is 2.34. The summed E-state index contributed by atoms with van der Waals surface area (Å²) < 4.78 is 8.12. The summed E-state index contributed by atoms with van der Waals surface area (Å²) in [6.07, 6.45) is 1.86. The molecule has 1 heterocycles. The van der Waals surface area contributed by atoms with Crippen LogP contribution in [0.1, 0.15) is 10.4 Å². The van der Waals surface area contributed by atoms with E-state index in [-0.39, 0.29) is 11.1 Å². The molecule has 25 heavy (non-hydrogen) atoms. The summed E-state index contributed by atoms with van der Waals surface area (Å²) in [7, 11) is 1.94. The Balaban J connectivity index is 1.84. The van der Waals surface area contributed by atoms with Crippen molar-refractivity contribution in [2.75, 3.05) is 5.33 Å². The first kappa shape index (κ1) is 15.9. The lowest BCUT2D eigenvalue weighted by molar-refractivity contribution is 0.102. The molecule has 3 nitrogen and oxygen atoms in total. The smallest absolute Gasteiger partial charge is 0.175 e. The molecule has 124 valence electrons. The number of alkyl halides is 1. The molecule has 0 aliphatic carbocycles. The number of Topliss-reactive ketones (excluding diaryl/α,β-unsaturated/α-hetero) is 1. The first-order valence-electron chi connectivity index (χ1n) is 8.01. The SMILES string of the molecule is Cn1cc(C(=O)CBr)c2c(Oc3ccc4ccccc4c3)cccc21. The van der Waals surface area contributed by atoms with Gasteiger partial charge in [-0.1, -0.05) is 52.3 Å². The van der Waals surface area contributed by atoms with Crippen LogP contribution in [-0.4, -0.2) is 15.7 Å². The van der Waals surface area contributed by atoms with E-state index >= 15 is 0 Å². The van der Waals surface area contributed by atoms with Crippen molar-refractivity contribution in [3.05, 3.63) is 72.4 Å². The van der Waals surface area contributed by atoms with Gasteiger partial charge in [-0.2, -0.15) is 0 Å². The fourth-order valence-corrected chi connectivity index (χ4v) is 3.44. The van der Waals surface area contributed by atoms with Crippen LogP contribution in [0.25, 0.3) is 21.7 Å². The molecule has 0 saturated heterocycles. The van der Waals surface area contributed by atoms with Gasteiger partial charge in [-0.05, 0) is 35.0 Å². The number of carbonyl (C=O) groups is 1. The van der Waals surface area contributed by atoms with E-state index in [0.29, 0.717) is 11.3 Å². The molecule has 0 fully saturated rings. The predicted octanol–water partition coefficient (Wildman–Crippen LogP) is 5.70. The molecule has 0 amide bonds. The number of halogens is 1. The van der Waals surface area contributed by atoms with Crippen LogP contribution < -0.4 is 4.74 Å².